The van der Waals surface area contributed by atoms with Crippen molar-refractivity contribution in [2.75, 3.05) is 5.32 Å². The van der Waals surface area contributed by atoms with Gasteiger partial charge in [-0.2, -0.15) is 5.10 Å². The van der Waals surface area contributed by atoms with Crippen molar-refractivity contribution in [2.45, 2.75) is 6.04 Å². The lowest BCUT2D eigenvalue weighted by atomic mass is 9.96. The Morgan fingerprint density at radius 2 is 2.00 bits per heavy atom. The minimum atomic E-state index is -0.564. The van der Waals surface area contributed by atoms with Crippen molar-refractivity contribution in [3.8, 4) is 11.1 Å². The predicted octanol–water partition coefficient (Wildman–Crippen LogP) is 3.52. The molecule has 0 saturated carbocycles. The van der Waals surface area contributed by atoms with E-state index in [1.165, 1.54) is 12.3 Å². The molecule has 3 heterocycles. The van der Waals surface area contributed by atoms with Gasteiger partial charge in [0.25, 0.3) is 11.6 Å². The summed E-state index contributed by atoms with van der Waals surface area (Å²) in [6, 6.07) is 15.7. The fourth-order valence-electron chi connectivity index (χ4n) is 3.94. The molecule has 8 nitrogen and oxygen atoms in total. The number of hydrogen-bond donors (Lipinski definition) is 2. The molecular formula is C21H15N5O3. The average Bonchev–Trinajstić information content (AvgIpc) is 3.09. The zero-order valence-corrected chi connectivity index (χ0v) is 15.1. The molecule has 1 aliphatic heterocycles. The Labute approximate surface area is 164 Å². The van der Waals surface area contributed by atoms with E-state index in [1.54, 1.807) is 22.8 Å². The van der Waals surface area contributed by atoms with Crippen LogP contribution in [-0.2, 0) is 0 Å². The second-order valence-electron chi connectivity index (χ2n) is 6.84. The second-order valence-corrected chi connectivity index (χ2v) is 6.84. The van der Waals surface area contributed by atoms with Gasteiger partial charge in [-0.25, -0.2) is 4.52 Å². The molecule has 0 aliphatic carbocycles. The number of anilines is 1. The first kappa shape index (κ1) is 16.9. The van der Waals surface area contributed by atoms with E-state index in [0.717, 1.165) is 27.9 Å². The summed E-state index contributed by atoms with van der Waals surface area (Å²) in [7, 11) is 0. The van der Waals surface area contributed by atoms with E-state index in [1.807, 2.05) is 36.4 Å². The van der Waals surface area contributed by atoms with E-state index in [2.05, 4.69) is 10.4 Å². The number of nitrogens with one attached hydrogen (secondary N) is 1. The van der Waals surface area contributed by atoms with Gasteiger partial charge in [-0.05, 0) is 17.7 Å². The van der Waals surface area contributed by atoms with Crippen LogP contribution in [0.4, 0.5) is 11.4 Å². The third kappa shape index (κ3) is 2.53. The molecule has 142 valence electrons. The summed E-state index contributed by atoms with van der Waals surface area (Å²) in [4.78, 5) is 23.0. The predicted molar refractivity (Wildman–Crippen MR) is 108 cm³/mol. The van der Waals surface area contributed by atoms with E-state index < -0.39 is 10.8 Å². The maximum absolute atomic E-state index is 12.2. The summed E-state index contributed by atoms with van der Waals surface area (Å²) in [6.45, 7) is 0. The highest BCUT2D eigenvalue weighted by atomic mass is 16.6. The van der Waals surface area contributed by atoms with Crippen LogP contribution in [0.3, 0.4) is 0 Å². The first-order chi connectivity index (χ1) is 14.0. The quantitative estimate of drug-likeness (QED) is 0.413. The maximum atomic E-state index is 12.2. The molecule has 0 radical (unpaired) electrons. The highest BCUT2D eigenvalue weighted by molar-refractivity contribution is 6.06. The first-order valence-electron chi connectivity index (χ1n) is 8.95. The summed E-state index contributed by atoms with van der Waals surface area (Å²) in [5, 5.41) is 19.1. The number of amides is 1. The number of hydrogen-bond acceptors (Lipinski definition) is 5. The standard InChI is InChI=1S/C21H15N5O3/c22-21(27)16-11-23-25-9-8-15-19(12-4-3-5-13(10-12)26(28)29)24-17-7-2-1-6-14(17)18(16)20(15)25/h1-11,19,24H,(H2,22,27). The summed E-state index contributed by atoms with van der Waals surface area (Å²) in [5.74, 6) is -0.564. The highest BCUT2D eigenvalue weighted by Gasteiger charge is 2.29. The Balaban J connectivity index is 1.85. The van der Waals surface area contributed by atoms with E-state index in [9.17, 15) is 14.9 Å². The first-order valence-corrected chi connectivity index (χ1v) is 8.95. The van der Waals surface area contributed by atoms with Gasteiger partial charge in [0.1, 0.15) is 0 Å². The average molecular weight is 385 g/mol. The van der Waals surface area contributed by atoms with Crippen LogP contribution in [0.2, 0.25) is 0 Å². The maximum Gasteiger partial charge on any atom is 0.269 e. The Hall–Kier alpha value is -4.20. The molecule has 0 fully saturated rings. The minimum absolute atomic E-state index is 0.0153. The van der Waals surface area contributed by atoms with Crippen molar-refractivity contribution in [3.63, 3.8) is 0 Å². The number of benzene rings is 2. The summed E-state index contributed by atoms with van der Waals surface area (Å²) >= 11 is 0. The Morgan fingerprint density at radius 1 is 1.17 bits per heavy atom. The third-order valence-electron chi connectivity index (χ3n) is 5.20. The number of carbonyl (C=O) groups excluding carboxylic acids is 1. The zero-order valence-electron chi connectivity index (χ0n) is 15.1. The van der Waals surface area contributed by atoms with E-state index in [4.69, 9.17) is 5.73 Å². The zero-order chi connectivity index (χ0) is 20.1. The van der Waals surface area contributed by atoms with Crippen LogP contribution in [0.15, 0.2) is 67.0 Å². The van der Waals surface area contributed by atoms with Gasteiger partial charge in [-0.15, -0.1) is 0 Å². The number of nitrogens with zero attached hydrogens (tertiary/aromatic N) is 3. The minimum Gasteiger partial charge on any atom is -0.374 e. The number of nitro benzene ring substituents is 1. The second kappa shape index (κ2) is 6.16. The van der Waals surface area contributed by atoms with E-state index in [-0.39, 0.29) is 11.7 Å². The lowest BCUT2D eigenvalue weighted by Crippen LogP contribution is -2.14. The van der Waals surface area contributed by atoms with Crippen molar-refractivity contribution in [3.05, 3.63) is 93.8 Å². The van der Waals surface area contributed by atoms with Crippen LogP contribution >= 0.6 is 0 Å². The fourth-order valence-corrected chi connectivity index (χ4v) is 3.94. The topological polar surface area (TPSA) is 116 Å². The smallest absolute Gasteiger partial charge is 0.269 e. The van der Waals surface area contributed by atoms with Gasteiger partial charge >= 0.3 is 0 Å². The normalized spacial score (nSPS) is 14.7. The molecule has 0 spiro atoms. The molecule has 4 aromatic rings. The molecule has 1 atom stereocenters. The number of primary amides is 1. The highest BCUT2D eigenvalue weighted by Crippen LogP contribution is 2.43. The SMILES string of the molecule is NC(=O)c1cnn2ccc3c2c1-c1ccccc1NC3c1cccc([N+](=O)[O-])c1. The molecule has 0 bridgehead atoms. The van der Waals surface area contributed by atoms with Crippen LogP contribution in [0, 0.1) is 10.1 Å². The van der Waals surface area contributed by atoms with Crippen molar-refractivity contribution in [1.29, 1.82) is 0 Å². The Bertz CT molecular complexity index is 1310. The number of para-hydroxylation sites is 1. The molecule has 5 rings (SSSR count). The number of nitrogens with two attached hydrogens (primary N) is 1. The largest absolute Gasteiger partial charge is 0.374 e. The number of aromatic nitrogens is 2. The van der Waals surface area contributed by atoms with E-state index in [0.29, 0.717) is 11.1 Å². The lowest BCUT2D eigenvalue weighted by Gasteiger charge is -2.19. The Morgan fingerprint density at radius 3 is 2.79 bits per heavy atom. The molecule has 3 N–H and O–H groups in total. The molecule has 1 aliphatic rings. The van der Waals surface area contributed by atoms with Crippen molar-refractivity contribution in [1.82, 2.24) is 9.61 Å². The molecule has 8 heteroatoms. The number of rotatable bonds is 3. The van der Waals surface area contributed by atoms with Crippen LogP contribution in [0.25, 0.3) is 16.6 Å². The third-order valence-corrected chi connectivity index (χ3v) is 5.20. The molecule has 1 amide bonds. The van der Waals surface area contributed by atoms with Gasteiger partial charge in [0, 0.05) is 40.7 Å². The molecule has 29 heavy (non-hydrogen) atoms. The van der Waals surface area contributed by atoms with Gasteiger partial charge in [-0.1, -0.05) is 30.3 Å². The van der Waals surface area contributed by atoms with Gasteiger partial charge in [-0.3, -0.25) is 14.9 Å². The molecular weight excluding hydrogens is 370 g/mol. The Kier molecular flexibility index (Phi) is 3.60. The monoisotopic (exact) mass is 385 g/mol. The van der Waals surface area contributed by atoms with Crippen LogP contribution in [0.1, 0.15) is 27.5 Å². The number of fused-ring (bicyclic) bond motifs is 2. The lowest BCUT2D eigenvalue weighted by molar-refractivity contribution is -0.384. The molecule has 0 saturated heterocycles. The van der Waals surface area contributed by atoms with Crippen molar-refractivity contribution >= 4 is 22.8 Å². The molecule has 1 unspecified atom stereocenters. The van der Waals surface area contributed by atoms with Crippen LogP contribution in [0.5, 0.6) is 0 Å². The molecule has 2 aromatic heterocycles. The molecule has 2 aromatic carbocycles. The van der Waals surface area contributed by atoms with Crippen molar-refractivity contribution < 1.29 is 9.72 Å². The van der Waals surface area contributed by atoms with E-state index >= 15 is 0 Å². The number of carbonyl (C=O) groups is 1. The summed E-state index contributed by atoms with van der Waals surface area (Å²) in [5.41, 5.74) is 10.6. The van der Waals surface area contributed by atoms with Gasteiger partial charge in [0.2, 0.25) is 0 Å². The van der Waals surface area contributed by atoms with Crippen LogP contribution in [-0.4, -0.2) is 20.4 Å². The van der Waals surface area contributed by atoms with Crippen LogP contribution < -0.4 is 11.1 Å². The number of non-ortho nitro benzene ring substituents is 1. The van der Waals surface area contributed by atoms with Gasteiger partial charge in [0.05, 0.1) is 28.2 Å². The van der Waals surface area contributed by atoms with Gasteiger partial charge in [0.15, 0.2) is 0 Å². The fraction of sp³-hybridized carbons (Fsp3) is 0.0476. The summed E-state index contributed by atoms with van der Waals surface area (Å²) < 4.78 is 1.70. The summed E-state index contributed by atoms with van der Waals surface area (Å²) in [6.07, 6.45) is 3.28. The van der Waals surface area contributed by atoms with Crippen molar-refractivity contribution in [2.24, 2.45) is 5.73 Å². The number of nitro groups is 1. The van der Waals surface area contributed by atoms with Gasteiger partial charge < -0.3 is 11.1 Å².